The highest BCUT2D eigenvalue weighted by molar-refractivity contribution is 6.11. The maximum atomic E-state index is 12.3. The van der Waals surface area contributed by atoms with Gasteiger partial charge in [0.15, 0.2) is 11.5 Å². The van der Waals surface area contributed by atoms with Gasteiger partial charge in [-0.05, 0) is 24.3 Å². The van der Waals surface area contributed by atoms with Gasteiger partial charge in [0.25, 0.3) is 11.8 Å². The number of phenols is 1. The molecule has 0 saturated carbocycles. The monoisotopic (exact) mass is 331 g/mol. The first-order chi connectivity index (χ1) is 11.5. The van der Waals surface area contributed by atoms with E-state index in [0.717, 1.165) is 0 Å². The number of para-hydroxylation sites is 1. The number of nitrogens with one attached hydrogen (secondary N) is 1. The minimum atomic E-state index is -0.716. The molecule has 0 aliphatic heterocycles. The summed E-state index contributed by atoms with van der Waals surface area (Å²) in [6, 6.07) is 8.78. The van der Waals surface area contributed by atoms with Crippen molar-refractivity contribution in [1.82, 2.24) is 5.32 Å². The lowest BCUT2D eigenvalue weighted by atomic mass is 10.1. The summed E-state index contributed by atoms with van der Waals surface area (Å²) in [5.41, 5.74) is 0.145. The van der Waals surface area contributed by atoms with Gasteiger partial charge in [-0.1, -0.05) is 12.1 Å². The molecule has 0 spiro atoms. The molecule has 2 rings (SSSR count). The molecule has 2 N–H and O–H groups in total. The maximum Gasteiger partial charge on any atom is 0.261 e. The molecule has 126 valence electrons. The molecule has 0 bridgehead atoms. The van der Waals surface area contributed by atoms with E-state index in [4.69, 9.17) is 14.2 Å². The van der Waals surface area contributed by atoms with Crippen molar-refractivity contribution >= 4 is 11.8 Å². The van der Waals surface area contributed by atoms with Crippen LogP contribution in [0.15, 0.2) is 36.4 Å². The van der Waals surface area contributed by atoms with E-state index < -0.39 is 11.8 Å². The molecule has 7 heteroatoms. The fourth-order valence-corrected chi connectivity index (χ4v) is 2.12. The van der Waals surface area contributed by atoms with Crippen LogP contribution in [0.3, 0.4) is 0 Å². The molecule has 0 aromatic heterocycles. The molecular weight excluding hydrogens is 314 g/mol. The van der Waals surface area contributed by atoms with Crippen molar-refractivity contribution in [3.05, 3.63) is 47.5 Å². The number of imide groups is 1. The summed E-state index contributed by atoms with van der Waals surface area (Å²) in [5, 5.41) is 11.9. The van der Waals surface area contributed by atoms with Crippen LogP contribution in [-0.4, -0.2) is 38.3 Å². The first-order valence-electron chi connectivity index (χ1n) is 6.95. The molecule has 2 aromatic rings. The Balaban J connectivity index is 2.30. The Morgan fingerprint density at radius 1 is 0.917 bits per heavy atom. The van der Waals surface area contributed by atoms with Gasteiger partial charge in [0, 0.05) is 5.56 Å². The number of benzene rings is 2. The normalized spacial score (nSPS) is 9.96. The zero-order chi connectivity index (χ0) is 17.7. The molecule has 2 amide bonds. The van der Waals surface area contributed by atoms with Gasteiger partial charge in [-0.2, -0.15) is 0 Å². The smallest absolute Gasteiger partial charge is 0.261 e. The number of hydrogen-bond donors (Lipinski definition) is 2. The average Bonchev–Trinajstić information content (AvgIpc) is 2.60. The van der Waals surface area contributed by atoms with Gasteiger partial charge in [-0.25, -0.2) is 0 Å². The van der Waals surface area contributed by atoms with E-state index in [9.17, 15) is 14.7 Å². The highest BCUT2D eigenvalue weighted by Crippen LogP contribution is 2.38. The number of aromatic hydroxyl groups is 1. The van der Waals surface area contributed by atoms with E-state index in [0.29, 0.717) is 5.75 Å². The molecular formula is C17H17NO6. The summed E-state index contributed by atoms with van der Waals surface area (Å²) in [6.07, 6.45) is 0. The van der Waals surface area contributed by atoms with Gasteiger partial charge >= 0.3 is 0 Å². The molecule has 7 nitrogen and oxygen atoms in total. The van der Waals surface area contributed by atoms with Crippen molar-refractivity contribution in [3.8, 4) is 23.0 Å². The van der Waals surface area contributed by atoms with Crippen molar-refractivity contribution in [2.75, 3.05) is 21.3 Å². The zero-order valence-electron chi connectivity index (χ0n) is 13.5. The number of carbonyl (C=O) groups is 2. The third kappa shape index (κ3) is 3.40. The molecule has 24 heavy (non-hydrogen) atoms. The number of hydrogen-bond acceptors (Lipinski definition) is 6. The van der Waals surface area contributed by atoms with Crippen molar-refractivity contribution in [2.24, 2.45) is 0 Å². The third-order valence-corrected chi connectivity index (χ3v) is 3.30. The molecule has 0 atom stereocenters. The fraction of sp³-hybridized carbons (Fsp3) is 0.176. The predicted octanol–water partition coefficient (Wildman–Crippen LogP) is 1.99. The van der Waals surface area contributed by atoms with E-state index in [1.165, 1.54) is 45.6 Å². The average molecular weight is 331 g/mol. The molecule has 0 aliphatic rings. The Morgan fingerprint density at radius 3 is 2.00 bits per heavy atom. The van der Waals surface area contributed by atoms with Crippen LogP contribution in [-0.2, 0) is 0 Å². The van der Waals surface area contributed by atoms with Gasteiger partial charge in [0.2, 0.25) is 5.75 Å². The molecule has 0 fully saturated rings. The van der Waals surface area contributed by atoms with E-state index in [-0.39, 0.29) is 28.4 Å². The summed E-state index contributed by atoms with van der Waals surface area (Å²) >= 11 is 0. The Bertz CT molecular complexity index is 746. The molecule has 0 heterocycles. The van der Waals surface area contributed by atoms with Crippen LogP contribution in [0.25, 0.3) is 0 Å². The summed E-state index contributed by atoms with van der Waals surface area (Å²) in [7, 11) is 4.29. The highest BCUT2D eigenvalue weighted by Gasteiger charge is 2.19. The Labute approximate surface area is 138 Å². The van der Waals surface area contributed by atoms with Crippen LogP contribution in [0.1, 0.15) is 20.7 Å². The zero-order valence-corrected chi connectivity index (χ0v) is 13.5. The fourth-order valence-electron chi connectivity index (χ4n) is 2.12. The molecule has 0 radical (unpaired) electrons. The van der Waals surface area contributed by atoms with Gasteiger partial charge < -0.3 is 19.3 Å². The van der Waals surface area contributed by atoms with Crippen molar-refractivity contribution in [3.63, 3.8) is 0 Å². The first-order valence-corrected chi connectivity index (χ1v) is 6.95. The van der Waals surface area contributed by atoms with Crippen molar-refractivity contribution < 1.29 is 28.9 Å². The van der Waals surface area contributed by atoms with E-state index >= 15 is 0 Å². The minimum Gasteiger partial charge on any atom is -0.507 e. The summed E-state index contributed by atoms with van der Waals surface area (Å²) < 4.78 is 15.5. The largest absolute Gasteiger partial charge is 0.507 e. The second kappa shape index (κ2) is 7.36. The SMILES string of the molecule is COc1cc(C(=O)NC(=O)c2ccccc2O)cc(OC)c1OC. The number of ether oxygens (including phenoxy) is 3. The minimum absolute atomic E-state index is 0.00158. The lowest BCUT2D eigenvalue weighted by Crippen LogP contribution is -2.30. The van der Waals surface area contributed by atoms with E-state index in [1.54, 1.807) is 12.1 Å². The summed E-state index contributed by atoms with van der Waals surface area (Å²) in [6.45, 7) is 0. The number of carbonyl (C=O) groups excluding carboxylic acids is 2. The van der Waals surface area contributed by atoms with E-state index in [2.05, 4.69) is 5.32 Å². The number of phenolic OH excluding ortho intramolecular Hbond substituents is 1. The standard InChI is InChI=1S/C17H17NO6/c1-22-13-8-10(9-14(23-2)15(13)24-3)16(20)18-17(21)11-6-4-5-7-12(11)19/h4-9,19H,1-3H3,(H,18,20,21). The number of methoxy groups -OCH3 is 3. The van der Waals surface area contributed by atoms with Crippen LogP contribution >= 0.6 is 0 Å². The summed E-state index contributed by atoms with van der Waals surface area (Å²) in [5.74, 6) is -0.681. The van der Waals surface area contributed by atoms with Crippen LogP contribution in [0.2, 0.25) is 0 Å². The third-order valence-electron chi connectivity index (χ3n) is 3.30. The Morgan fingerprint density at radius 2 is 1.50 bits per heavy atom. The second-order valence-corrected chi connectivity index (χ2v) is 4.71. The Kier molecular flexibility index (Phi) is 5.26. The van der Waals surface area contributed by atoms with E-state index in [1.807, 2.05) is 0 Å². The lowest BCUT2D eigenvalue weighted by molar-refractivity contribution is 0.0847. The first kappa shape index (κ1) is 17.1. The van der Waals surface area contributed by atoms with Gasteiger partial charge in [0.1, 0.15) is 5.75 Å². The molecule has 0 saturated heterocycles. The van der Waals surface area contributed by atoms with Gasteiger partial charge in [0.05, 0.1) is 26.9 Å². The molecule has 0 aliphatic carbocycles. The van der Waals surface area contributed by atoms with Crippen LogP contribution < -0.4 is 19.5 Å². The molecule has 0 unspecified atom stereocenters. The highest BCUT2D eigenvalue weighted by atomic mass is 16.5. The topological polar surface area (TPSA) is 94.1 Å². The van der Waals surface area contributed by atoms with Crippen molar-refractivity contribution in [1.29, 1.82) is 0 Å². The quantitative estimate of drug-likeness (QED) is 0.814. The van der Waals surface area contributed by atoms with Crippen LogP contribution in [0.5, 0.6) is 23.0 Å². The van der Waals surface area contributed by atoms with Crippen LogP contribution in [0, 0.1) is 0 Å². The summed E-state index contributed by atoms with van der Waals surface area (Å²) in [4.78, 5) is 24.4. The van der Waals surface area contributed by atoms with Gasteiger partial charge in [-0.3, -0.25) is 14.9 Å². The number of rotatable bonds is 5. The number of amides is 2. The van der Waals surface area contributed by atoms with Crippen molar-refractivity contribution in [2.45, 2.75) is 0 Å². The second-order valence-electron chi connectivity index (χ2n) is 4.71. The predicted molar refractivity (Wildman–Crippen MR) is 86.0 cm³/mol. The lowest BCUT2D eigenvalue weighted by Gasteiger charge is -2.14. The van der Waals surface area contributed by atoms with Gasteiger partial charge in [-0.15, -0.1) is 0 Å². The molecule has 2 aromatic carbocycles. The van der Waals surface area contributed by atoms with Crippen LogP contribution in [0.4, 0.5) is 0 Å². The maximum absolute atomic E-state index is 12.3. The Hall–Kier alpha value is -3.22.